The van der Waals surface area contributed by atoms with E-state index in [-0.39, 0.29) is 11.5 Å². The number of aliphatic carboxylic acids is 1. The summed E-state index contributed by atoms with van der Waals surface area (Å²) in [5, 5.41) is 9.10. The van der Waals surface area contributed by atoms with Crippen molar-refractivity contribution in [1.29, 1.82) is 0 Å². The maximum absolute atomic E-state index is 11.4. The first-order valence-electron chi connectivity index (χ1n) is 6.68. The number of carboxylic acid groups (broad SMARTS) is 1. The van der Waals surface area contributed by atoms with Gasteiger partial charge in [0.05, 0.1) is 24.0 Å². The highest BCUT2D eigenvalue weighted by Gasteiger charge is 2.24. The van der Waals surface area contributed by atoms with Crippen LogP contribution in [0.25, 0.3) is 0 Å². The lowest BCUT2D eigenvalue weighted by Crippen LogP contribution is -2.33. The second-order valence-electron chi connectivity index (χ2n) is 5.26. The molecule has 0 amide bonds. The van der Waals surface area contributed by atoms with Crippen molar-refractivity contribution < 1.29 is 23.1 Å². The molecule has 1 saturated heterocycles. The Morgan fingerprint density at radius 3 is 2.62 bits per heavy atom. The fourth-order valence-corrected chi connectivity index (χ4v) is 2.90. The van der Waals surface area contributed by atoms with E-state index in [4.69, 9.17) is 9.84 Å². The lowest BCUT2D eigenvalue weighted by atomic mass is 10.1. The number of carboxylic acids is 1. The molecule has 1 fully saturated rings. The Labute approximate surface area is 124 Å². The molecule has 1 N–H and O–H groups in total. The fourth-order valence-electron chi connectivity index (χ4n) is 2.27. The largest absolute Gasteiger partial charge is 0.481 e. The molecule has 1 atom stereocenters. The van der Waals surface area contributed by atoms with Crippen LogP contribution in [0.4, 0.5) is 0 Å². The van der Waals surface area contributed by atoms with Gasteiger partial charge in [0.1, 0.15) is 0 Å². The van der Waals surface area contributed by atoms with Crippen LogP contribution in [0.5, 0.6) is 0 Å². The van der Waals surface area contributed by atoms with E-state index in [0.29, 0.717) is 26.2 Å². The Kier molecular flexibility index (Phi) is 4.97. The second-order valence-corrected chi connectivity index (χ2v) is 7.28. The van der Waals surface area contributed by atoms with Gasteiger partial charge in [-0.1, -0.05) is 12.1 Å². The van der Waals surface area contributed by atoms with Crippen molar-refractivity contribution in [3.8, 4) is 0 Å². The van der Waals surface area contributed by atoms with Crippen molar-refractivity contribution in [2.24, 2.45) is 5.92 Å². The van der Waals surface area contributed by atoms with Crippen LogP contribution in [0.1, 0.15) is 5.56 Å². The maximum Gasteiger partial charge on any atom is 0.310 e. The van der Waals surface area contributed by atoms with E-state index in [2.05, 4.69) is 0 Å². The Hall–Kier alpha value is -1.44. The molecule has 0 aromatic heterocycles. The van der Waals surface area contributed by atoms with E-state index in [1.807, 2.05) is 4.90 Å². The van der Waals surface area contributed by atoms with E-state index >= 15 is 0 Å². The molecule has 21 heavy (non-hydrogen) atoms. The summed E-state index contributed by atoms with van der Waals surface area (Å²) in [5.41, 5.74) is 0.952. The monoisotopic (exact) mass is 313 g/mol. The molecule has 0 spiro atoms. The highest BCUT2D eigenvalue weighted by atomic mass is 32.2. The van der Waals surface area contributed by atoms with Gasteiger partial charge in [-0.2, -0.15) is 0 Å². The molecule has 1 aromatic rings. The Morgan fingerprint density at radius 2 is 2.05 bits per heavy atom. The van der Waals surface area contributed by atoms with Crippen LogP contribution in [0, 0.1) is 5.92 Å². The van der Waals surface area contributed by atoms with Crippen LogP contribution in [0.2, 0.25) is 0 Å². The molecule has 1 aliphatic heterocycles. The molecule has 1 unspecified atom stereocenters. The quantitative estimate of drug-likeness (QED) is 0.877. The van der Waals surface area contributed by atoms with Crippen molar-refractivity contribution in [2.45, 2.75) is 11.4 Å². The first-order chi connectivity index (χ1) is 9.86. The Morgan fingerprint density at radius 1 is 1.38 bits per heavy atom. The number of hydrogen-bond acceptors (Lipinski definition) is 5. The van der Waals surface area contributed by atoms with E-state index in [9.17, 15) is 13.2 Å². The molecule has 1 aromatic carbocycles. The molecule has 1 aliphatic rings. The van der Waals surface area contributed by atoms with Crippen molar-refractivity contribution in [2.75, 3.05) is 32.6 Å². The van der Waals surface area contributed by atoms with Crippen LogP contribution < -0.4 is 0 Å². The molecule has 2 rings (SSSR count). The number of nitrogens with zero attached hydrogens (tertiary/aromatic N) is 1. The van der Waals surface area contributed by atoms with Crippen LogP contribution in [0.3, 0.4) is 0 Å². The van der Waals surface area contributed by atoms with Crippen LogP contribution in [-0.4, -0.2) is 57.0 Å². The van der Waals surface area contributed by atoms with Gasteiger partial charge in [0.2, 0.25) is 0 Å². The Balaban J connectivity index is 2.04. The molecule has 7 heteroatoms. The lowest BCUT2D eigenvalue weighted by Gasteiger charge is -2.21. The number of hydrogen-bond donors (Lipinski definition) is 1. The van der Waals surface area contributed by atoms with Gasteiger partial charge in [0.15, 0.2) is 9.84 Å². The third kappa shape index (κ3) is 4.52. The standard InChI is InChI=1S/C14H19NO5S/c1-21(18,19)13-4-2-11(3-5-13)8-15-6-7-20-10-12(9-15)14(16)17/h2-5,12H,6-10H2,1H3,(H,16,17). The van der Waals surface area contributed by atoms with Gasteiger partial charge in [-0.15, -0.1) is 0 Å². The third-order valence-electron chi connectivity index (χ3n) is 3.46. The number of rotatable bonds is 4. The number of benzene rings is 1. The minimum Gasteiger partial charge on any atom is -0.481 e. The molecule has 0 aliphatic carbocycles. The second kappa shape index (κ2) is 6.55. The van der Waals surface area contributed by atoms with Gasteiger partial charge in [0.25, 0.3) is 0 Å². The first kappa shape index (κ1) is 15.9. The van der Waals surface area contributed by atoms with E-state index in [0.717, 1.165) is 5.56 Å². The molecule has 0 radical (unpaired) electrons. The van der Waals surface area contributed by atoms with Crippen molar-refractivity contribution in [1.82, 2.24) is 4.90 Å². The van der Waals surface area contributed by atoms with Gasteiger partial charge in [-0.3, -0.25) is 9.69 Å². The number of sulfone groups is 1. The van der Waals surface area contributed by atoms with E-state index in [1.165, 1.54) is 6.26 Å². The number of ether oxygens (including phenoxy) is 1. The predicted octanol–water partition coefficient (Wildman–Crippen LogP) is 0.623. The highest BCUT2D eigenvalue weighted by molar-refractivity contribution is 7.90. The minimum absolute atomic E-state index is 0.235. The Bertz CT molecular complexity index is 596. The predicted molar refractivity (Wildman–Crippen MR) is 76.8 cm³/mol. The normalized spacial score (nSPS) is 20.9. The highest BCUT2D eigenvalue weighted by Crippen LogP contribution is 2.14. The van der Waals surface area contributed by atoms with Crippen LogP contribution in [-0.2, 0) is 25.9 Å². The summed E-state index contributed by atoms with van der Waals surface area (Å²) in [4.78, 5) is 13.4. The third-order valence-corrected chi connectivity index (χ3v) is 4.58. The average Bonchev–Trinajstić information content (AvgIpc) is 2.64. The zero-order valence-electron chi connectivity index (χ0n) is 11.9. The molecule has 116 valence electrons. The minimum atomic E-state index is -3.19. The average molecular weight is 313 g/mol. The van der Waals surface area contributed by atoms with Crippen molar-refractivity contribution in [3.05, 3.63) is 29.8 Å². The van der Waals surface area contributed by atoms with Crippen LogP contribution in [0.15, 0.2) is 29.2 Å². The lowest BCUT2D eigenvalue weighted by molar-refractivity contribution is -0.143. The summed E-state index contributed by atoms with van der Waals surface area (Å²) in [6.45, 7) is 2.42. The number of carbonyl (C=O) groups is 1. The summed E-state index contributed by atoms with van der Waals surface area (Å²) in [6.07, 6.45) is 1.17. The molecular formula is C14H19NO5S. The molecule has 0 saturated carbocycles. The molecule has 0 bridgehead atoms. The van der Waals surface area contributed by atoms with Gasteiger partial charge in [-0.25, -0.2) is 8.42 Å². The topological polar surface area (TPSA) is 83.9 Å². The van der Waals surface area contributed by atoms with Crippen LogP contribution >= 0.6 is 0 Å². The van der Waals surface area contributed by atoms with Gasteiger partial charge >= 0.3 is 5.97 Å². The van der Waals surface area contributed by atoms with E-state index < -0.39 is 21.7 Å². The summed E-state index contributed by atoms with van der Waals surface area (Å²) in [7, 11) is -3.19. The zero-order valence-corrected chi connectivity index (χ0v) is 12.7. The first-order valence-corrected chi connectivity index (χ1v) is 8.57. The SMILES string of the molecule is CS(=O)(=O)c1ccc(CN2CCOCC(C(=O)O)C2)cc1. The smallest absolute Gasteiger partial charge is 0.310 e. The fraction of sp³-hybridized carbons (Fsp3) is 0.500. The molecular weight excluding hydrogens is 294 g/mol. The summed E-state index contributed by atoms with van der Waals surface area (Å²) in [6, 6.07) is 6.68. The van der Waals surface area contributed by atoms with Gasteiger partial charge in [0, 0.05) is 25.9 Å². The van der Waals surface area contributed by atoms with Gasteiger partial charge in [-0.05, 0) is 17.7 Å². The van der Waals surface area contributed by atoms with Crippen molar-refractivity contribution >= 4 is 15.8 Å². The van der Waals surface area contributed by atoms with Gasteiger partial charge < -0.3 is 9.84 Å². The summed E-state index contributed by atoms with van der Waals surface area (Å²) < 4.78 is 28.1. The summed E-state index contributed by atoms with van der Waals surface area (Å²) >= 11 is 0. The maximum atomic E-state index is 11.4. The molecule has 1 heterocycles. The van der Waals surface area contributed by atoms with E-state index in [1.54, 1.807) is 24.3 Å². The zero-order chi connectivity index (χ0) is 15.5. The molecule has 6 nitrogen and oxygen atoms in total. The summed E-state index contributed by atoms with van der Waals surface area (Å²) in [5.74, 6) is -1.38. The van der Waals surface area contributed by atoms with Crippen molar-refractivity contribution in [3.63, 3.8) is 0 Å².